The van der Waals surface area contributed by atoms with Crippen molar-refractivity contribution in [2.24, 2.45) is 5.41 Å². The van der Waals surface area contributed by atoms with Crippen molar-refractivity contribution in [3.05, 3.63) is 28.3 Å². The van der Waals surface area contributed by atoms with Crippen LogP contribution in [0.5, 0.6) is 0 Å². The Bertz CT molecular complexity index is 540. The second-order valence-electron chi connectivity index (χ2n) is 5.24. The zero-order chi connectivity index (χ0) is 13.3. The maximum atomic E-state index is 5.83. The SMILES string of the molecule is CC(C)(C)Cc1nnc(-c2cc(Cl)nc(Cl)c2)o1. The molecule has 0 N–H and O–H groups in total. The average Bonchev–Trinajstić information content (AvgIpc) is 2.61. The molecule has 18 heavy (non-hydrogen) atoms. The minimum Gasteiger partial charge on any atom is -0.421 e. The predicted octanol–water partition coefficient (Wildman–Crippen LogP) is 4.03. The highest BCUT2D eigenvalue weighted by atomic mass is 35.5. The molecule has 0 atom stereocenters. The Balaban J connectivity index is 2.29. The van der Waals surface area contributed by atoms with E-state index in [0.717, 1.165) is 0 Å². The van der Waals surface area contributed by atoms with Crippen molar-refractivity contribution < 1.29 is 4.42 Å². The summed E-state index contributed by atoms with van der Waals surface area (Å²) in [6, 6.07) is 3.28. The monoisotopic (exact) mass is 285 g/mol. The van der Waals surface area contributed by atoms with E-state index < -0.39 is 0 Å². The molecule has 96 valence electrons. The van der Waals surface area contributed by atoms with Crippen molar-refractivity contribution in [3.63, 3.8) is 0 Å². The summed E-state index contributed by atoms with van der Waals surface area (Å²) in [5.74, 6) is 1.00. The van der Waals surface area contributed by atoms with Gasteiger partial charge in [0.1, 0.15) is 10.3 Å². The first-order valence-electron chi connectivity index (χ1n) is 5.49. The van der Waals surface area contributed by atoms with Gasteiger partial charge in [0.05, 0.1) is 0 Å². The molecule has 6 heteroatoms. The molecular formula is C12H13Cl2N3O. The Hall–Kier alpha value is -1.13. The van der Waals surface area contributed by atoms with Gasteiger partial charge in [-0.05, 0) is 17.5 Å². The van der Waals surface area contributed by atoms with Gasteiger partial charge in [-0.1, -0.05) is 44.0 Å². The van der Waals surface area contributed by atoms with E-state index in [0.29, 0.717) is 34.1 Å². The summed E-state index contributed by atoms with van der Waals surface area (Å²) in [7, 11) is 0. The Morgan fingerprint density at radius 3 is 2.28 bits per heavy atom. The lowest BCUT2D eigenvalue weighted by Crippen LogP contribution is -2.09. The molecular weight excluding hydrogens is 273 g/mol. The van der Waals surface area contributed by atoms with E-state index in [9.17, 15) is 0 Å². The summed E-state index contributed by atoms with van der Waals surface area (Å²) in [6.45, 7) is 6.32. The Morgan fingerprint density at radius 1 is 1.11 bits per heavy atom. The maximum absolute atomic E-state index is 5.83. The van der Waals surface area contributed by atoms with Crippen LogP contribution in [-0.4, -0.2) is 15.2 Å². The minimum absolute atomic E-state index is 0.0946. The van der Waals surface area contributed by atoms with Gasteiger partial charge >= 0.3 is 0 Å². The molecule has 0 bridgehead atoms. The first-order chi connectivity index (χ1) is 8.33. The molecule has 0 amide bonds. The number of nitrogens with zero attached hydrogens (tertiary/aromatic N) is 3. The van der Waals surface area contributed by atoms with Crippen molar-refractivity contribution in [1.29, 1.82) is 0 Å². The smallest absolute Gasteiger partial charge is 0.247 e. The quantitative estimate of drug-likeness (QED) is 0.782. The van der Waals surface area contributed by atoms with Crippen molar-refractivity contribution in [2.45, 2.75) is 27.2 Å². The zero-order valence-corrected chi connectivity index (χ0v) is 11.9. The second kappa shape index (κ2) is 4.86. The van der Waals surface area contributed by atoms with E-state index in [1.54, 1.807) is 12.1 Å². The molecule has 0 saturated heterocycles. The second-order valence-corrected chi connectivity index (χ2v) is 6.01. The Morgan fingerprint density at radius 2 is 1.72 bits per heavy atom. The molecule has 0 saturated carbocycles. The van der Waals surface area contributed by atoms with Crippen molar-refractivity contribution in [3.8, 4) is 11.5 Å². The minimum atomic E-state index is 0.0946. The number of aromatic nitrogens is 3. The first kappa shape index (κ1) is 13.3. The lowest BCUT2D eigenvalue weighted by molar-refractivity contribution is 0.357. The van der Waals surface area contributed by atoms with Gasteiger partial charge < -0.3 is 4.42 Å². The van der Waals surface area contributed by atoms with E-state index in [1.807, 2.05) is 0 Å². The van der Waals surface area contributed by atoms with E-state index in [4.69, 9.17) is 27.6 Å². The van der Waals surface area contributed by atoms with Gasteiger partial charge in [0, 0.05) is 12.0 Å². The molecule has 0 spiro atoms. The van der Waals surface area contributed by atoms with Gasteiger partial charge in [0.2, 0.25) is 11.8 Å². The van der Waals surface area contributed by atoms with Crippen LogP contribution in [0.2, 0.25) is 10.3 Å². The van der Waals surface area contributed by atoms with Crippen LogP contribution in [0.25, 0.3) is 11.5 Å². The van der Waals surface area contributed by atoms with Gasteiger partial charge in [-0.15, -0.1) is 10.2 Å². The van der Waals surface area contributed by atoms with Gasteiger partial charge in [-0.25, -0.2) is 4.98 Å². The number of hydrogen-bond donors (Lipinski definition) is 0. The van der Waals surface area contributed by atoms with Gasteiger partial charge in [-0.2, -0.15) is 0 Å². The molecule has 0 aliphatic rings. The summed E-state index contributed by atoms with van der Waals surface area (Å²) < 4.78 is 5.59. The van der Waals surface area contributed by atoms with Gasteiger partial charge in [0.25, 0.3) is 0 Å². The summed E-state index contributed by atoms with van der Waals surface area (Å²) in [5, 5.41) is 8.60. The molecule has 2 aromatic rings. The topological polar surface area (TPSA) is 51.8 Å². The van der Waals surface area contributed by atoms with Crippen LogP contribution in [0.15, 0.2) is 16.5 Å². The van der Waals surface area contributed by atoms with Crippen molar-refractivity contribution >= 4 is 23.2 Å². The van der Waals surface area contributed by atoms with Crippen molar-refractivity contribution in [1.82, 2.24) is 15.2 Å². The largest absolute Gasteiger partial charge is 0.421 e. The van der Waals surface area contributed by atoms with E-state index in [-0.39, 0.29) is 5.41 Å². The number of hydrogen-bond acceptors (Lipinski definition) is 4. The molecule has 4 nitrogen and oxygen atoms in total. The normalized spacial score (nSPS) is 11.8. The molecule has 0 aliphatic carbocycles. The standard InChI is InChI=1S/C12H13Cl2N3O/c1-12(2,3)6-10-16-17-11(18-10)7-4-8(13)15-9(14)5-7/h4-5H,6H2,1-3H3. The van der Waals surface area contributed by atoms with Gasteiger partial charge in [0.15, 0.2) is 0 Å². The van der Waals surface area contributed by atoms with Crippen LogP contribution in [0.1, 0.15) is 26.7 Å². The third kappa shape index (κ3) is 3.43. The summed E-state index contributed by atoms with van der Waals surface area (Å²) >= 11 is 11.7. The molecule has 0 radical (unpaired) electrons. The fourth-order valence-corrected chi connectivity index (χ4v) is 1.94. The third-order valence-electron chi connectivity index (χ3n) is 2.16. The lowest BCUT2D eigenvalue weighted by Gasteiger charge is -2.14. The van der Waals surface area contributed by atoms with Crippen LogP contribution < -0.4 is 0 Å². The Labute approximate surface area is 115 Å². The highest BCUT2D eigenvalue weighted by molar-refractivity contribution is 6.32. The van der Waals surface area contributed by atoms with Crippen LogP contribution in [0, 0.1) is 5.41 Å². The molecule has 0 unspecified atom stereocenters. The van der Waals surface area contributed by atoms with Crippen LogP contribution >= 0.6 is 23.2 Å². The lowest BCUT2D eigenvalue weighted by atomic mass is 9.92. The fraction of sp³-hybridized carbons (Fsp3) is 0.417. The van der Waals surface area contributed by atoms with E-state index in [1.165, 1.54) is 0 Å². The average molecular weight is 286 g/mol. The van der Waals surface area contributed by atoms with E-state index in [2.05, 4.69) is 36.0 Å². The van der Waals surface area contributed by atoms with Crippen LogP contribution in [0.3, 0.4) is 0 Å². The molecule has 2 aromatic heterocycles. The Kier molecular flexibility index (Phi) is 3.59. The molecule has 2 rings (SSSR count). The van der Waals surface area contributed by atoms with E-state index >= 15 is 0 Å². The predicted molar refractivity (Wildman–Crippen MR) is 70.7 cm³/mol. The number of halogens is 2. The highest BCUT2D eigenvalue weighted by Crippen LogP contribution is 2.26. The van der Waals surface area contributed by atoms with Crippen LogP contribution in [-0.2, 0) is 6.42 Å². The zero-order valence-electron chi connectivity index (χ0n) is 10.4. The molecule has 0 fully saturated rings. The molecule has 0 aliphatic heterocycles. The number of rotatable bonds is 2. The molecule has 2 heterocycles. The maximum Gasteiger partial charge on any atom is 0.247 e. The summed E-state index contributed by atoms with van der Waals surface area (Å²) in [5.41, 5.74) is 0.768. The molecule has 0 aromatic carbocycles. The highest BCUT2D eigenvalue weighted by Gasteiger charge is 2.17. The summed E-state index contributed by atoms with van der Waals surface area (Å²) in [6.07, 6.45) is 0.715. The fourth-order valence-electron chi connectivity index (χ4n) is 1.48. The van der Waals surface area contributed by atoms with Crippen molar-refractivity contribution in [2.75, 3.05) is 0 Å². The third-order valence-corrected chi connectivity index (χ3v) is 2.55. The summed E-state index contributed by atoms with van der Waals surface area (Å²) in [4.78, 5) is 3.87. The first-order valence-corrected chi connectivity index (χ1v) is 6.25. The van der Waals surface area contributed by atoms with Crippen LogP contribution in [0.4, 0.5) is 0 Å². The number of pyridine rings is 1. The van der Waals surface area contributed by atoms with Gasteiger partial charge in [-0.3, -0.25) is 0 Å².